The van der Waals surface area contributed by atoms with E-state index in [0.717, 1.165) is 42.0 Å². The summed E-state index contributed by atoms with van der Waals surface area (Å²) < 4.78 is 6.33. The summed E-state index contributed by atoms with van der Waals surface area (Å²) in [5.41, 5.74) is 2.81. The molecule has 0 radical (unpaired) electrons. The van der Waals surface area contributed by atoms with Gasteiger partial charge >= 0.3 is 0 Å². The number of morpholine rings is 1. The van der Waals surface area contributed by atoms with Gasteiger partial charge in [-0.05, 0) is 59.8 Å². The second-order valence-corrected chi connectivity index (χ2v) is 8.17. The second kappa shape index (κ2) is 7.88. The molecule has 0 bridgehead atoms. The molecule has 0 saturated carbocycles. The number of rotatable bonds is 3. The van der Waals surface area contributed by atoms with Gasteiger partial charge in [0.05, 0.1) is 23.8 Å². The Morgan fingerprint density at radius 3 is 2.30 bits per heavy atom. The van der Waals surface area contributed by atoms with Crippen LogP contribution < -0.4 is 9.80 Å². The molecule has 0 unspecified atom stereocenters. The van der Waals surface area contributed by atoms with Crippen LogP contribution in [-0.2, 0) is 9.53 Å². The molecule has 2 aromatic rings. The topological polar surface area (TPSA) is 56.6 Å². The van der Waals surface area contributed by atoms with Crippen molar-refractivity contribution in [1.82, 2.24) is 0 Å². The Morgan fingerprint density at radius 1 is 1.00 bits per heavy atom. The molecule has 1 N–H and O–H groups in total. The summed E-state index contributed by atoms with van der Waals surface area (Å²) in [6.45, 7) is 3.30. The number of nitrogens with one attached hydrogen (secondary N) is 1. The Balaban J connectivity index is 1.53. The zero-order valence-corrected chi connectivity index (χ0v) is 16.9. The molecule has 138 valence electrons. The Morgan fingerprint density at radius 2 is 1.63 bits per heavy atom. The molecule has 2 fully saturated rings. The Labute approximate surface area is 170 Å². The van der Waals surface area contributed by atoms with Crippen molar-refractivity contribution in [3.63, 3.8) is 0 Å². The summed E-state index contributed by atoms with van der Waals surface area (Å²) in [7, 11) is 0. The van der Waals surface area contributed by atoms with Crippen LogP contribution in [0.1, 0.15) is 5.56 Å². The van der Waals surface area contributed by atoms with Gasteiger partial charge in [0.15, 0.2) is 5.17 Å². The summed E-state index contributed by atoms with van der Waals surface area (Å²) in [6.07, 6.45) is 1.85. The van der Waals surface area contributed by atoms with E-state index in [2.05, 4.69) is 33.0 Å². The minimum Gasteiger partial charge on any atom is -0.378 e. The number of carbonyl (C=O) groups excluding carboxylic acids is 1. The highest BCUT2D eigenvalue weighted by atomic mass is 79.9. The van der Waals surface area contributed by atoms with Gasteiger partial charge in [-0.15, -0.1) is 0 Å². The number of nitrogens with zero attached hydrogens (tertiary/aromatic N) is 2. The molecular formula is C20H18BrN3O2S. The molecule has 7 heteroatoms. The first-order valence-electron chi connectivity index (χ1n) is 8.63. The van der Waals surface area contributed by atoms with E-state index in [1.165, 1.54) is 16.7 Å². The lowest BCUT2D eigenvalue weighted by Gasteiger charge is -2.28. The van der Waals surface area contributed by atoms with E-state index in [-0.39, 0.29) is 11.1 Å². The lowest BCUT2D eigenvalue weighted by Crippen LogP contribution is -2.36. The van der Waals surface area contributed by atoms with Crippen molar-refractivity contribution in [1.29, 1.82) is 5.41 Å². The molecule has 2 saturated heterocycles. The number of thioether (sulfide) groups is 1. The van der Waals surface area contributed by atoms with Gasteiger partial charge in [-0.2, -0.15) is 0 Å². The molecule has 0 aromatic heterocycles. The zero-order chi connectivity index (χ0) is 18.8. The van der Waals surface area contributed by atoms with Crippen LogP contribution in [0.4, 0.5) is 11.4 Å². The van der Waals surface area contributed by atoms with Crippen molar-refractivity contribution in [2.45, 2.75) is 0 Å². The number of amidine groups is 1. The standard InChI is InChI=1S/C20H18BrN3O2S/c21-15-3-7-17(8-4-15)24-19(25)18(27-20(24)22)13-14-1-5-16(6-2-14)23-9-11-26-12-10-23/h1-8,13,22H,9-12H2/b18-13-,22-20?. The monoisotopic (exact) mass is 443 g/mol. The molecule has 27 heavy (non-hydrogen) atoms. The van der Waals surface area contributed by atoms with Crippen molar-refractivity contribution >= 4 is 56.2 Å². The normalized spacial score (nSPS) is 19.2. The van der Waals surface area contributed by atoms with Crippen molar-refractivity contribution in [3.05, 3.63) is 63.5 Å². The quantitative estimate of drug-likeness (QED) is 0.716. The first-order valence-corrected chi connectivity index (χ1v) is 10.2. The minimum atomic E-state index is -0.162. The highest BCUT2D eigenvalue weighted by molar-refractivity contribution is 9.10. The van der Waals surface area contributed by atoms with E-state index in [9.17, 15) is 4.79 Å². The molecule has 0 spiro atoms. The van der Waals surface area contributed by atoms with Crippen LogP contribution in [0.25, 0.3) is 6.08 Å². The highest BCUT2D eigenvalue weighted by Gasteiger charge is 2.33. The zero-order valence-electron chi connectivity index (χ0n) is 14.5. The highest BCUT2D eigenvalue weighted by Crippen LogP contribution is 2.35. The molecule has 5 nitrogen and oxygen atoms in total. The van der Waals surface area contributed by atoms with Gasteiger partial charge < -0.3 is 9.64 Å². The number of halogens is 1. The number of hydrogen-bond acceptors (Lipinski definition) is 5. The summed E-state index contributed by atoms with van der Waals surface area (Å²) in [5, 5.41) is 8.41. The van der Waals surface area contributed by atoms with Gasteiger partial charge in [0, 0.05) is 23.2 Å². The maximum Gasteiger partial charge on any atom is 0.271 e. The van der Waals surface area contributed by atoms with Gasteiger partial charge in [0.1, 0.15) is 0 Å². The van der Waals surface area contributed by atoms with Crippen molar-refractivity contribution in [2.24, 2.45) is 0 Å². The van der Waals surface area contributed by atoms with Crippen LogP contribution in [-0.4, -0.2) is 37.4 Å². The van der Waals surface area contributed by atoms with Gasteiger partial charge in [-0.1, -0.05) is 28.1 Å². The van der Waals surface area contributed by atoms with E-state index in [4.69, 9.17) is 10.1 Å². The number of carbonyl (C=O) groups is 1. The first kappa shape index (κ1) is 18.3. The number of amides is 1. The van der Waals surface area contributed by atoms with Crippen molar-refractivity contribution in [2.75, 3.05) is 36.1 Å². The number of ether oxygens (including phenoxy) is 1. The van der Waals surface area contributed by atoms with Crippen LogP contribution in [0.2, 0.25) is 0 Å². The van der Waals surface area contributed by atoms with E-state index in [1.807, 2.05) is 42.5 Å². The fourth-order valence-electron chi connectivity index (χ4n) is 3.07. The molecule has 2 aromatic carbocycles. The van der Waals surface area contributed by atoms with Crippen LogP contribution in [0.3, 0.4) is 0 Å². The predicted molar refractivity (Wildman–Crippen MR) is 114 cm³/mol. The largest absolute Gasteiger partial charge is 0.378 e. The lowest BCUT2D eigenvalue weighted by molar-refractivity contribution is -0.113. The maximum atomic E-state index is 12.8. The number of benzene rings is 2. The lowest BCUT2D eigenvalue weighted by atomic mass is 10.1. The average molecular weight is 444 g/mol. The third-order valence-electron chi connectivity index (χ3n) is 4.48. The average Bonchev–Trinajstić information content (AvgIpc) is 2.97. The minimum absolute atomic E-state index is 0.162. The molecule has 4 rings (SSSR count). The molecule has 0 atom stereocenters. The van der Waals surface area contributed by atoms with Crippen molar-refractivity contribution < 1.29 is 9.53 Å². The smallest absolute Gasteiger partial charge is 0.271 e. The third kappa shape index (κ3) is 3.95. The molecule has 2 aliphatic heterocycles. The fraction of sp³-hybridized carbons (Fsp3) is 0.200. The molecular weight excluding hydrogens is 426 g/mol. The maximum absolute atomic E-state index is 12.8. The van der Waals surface area contributed by atoms with Crippen molar-refractivity contribution in [3.8, 4) is 0 Å². The first-order chi connectivity index (χ1) is 13.1. The molecule has 0 aliphatic carbocycles. The van der Waals surface area contributed by atoms with Gasteiger partial charge in [0.25, 0.3) is 5.91 Å². The van der Waals surface area contributed by atoms with Gasteiger partial charge in [0.2, 0.25) is 0 Å². The molecule has 1 amide bonds. The van der Waals surface area contributed by atoms with Crippen LogP contribution >= 0.6 is 27.7 Å². The van der Waals surface area contributed by atoms with Crippen LogP contribution in [0.15, 0.2) is 57.9 Å². The summed E-state index contributed by atoms with van der Waals surface area (Å²) in [6, 6.07) is 15.6. The van der Waals surface area contributed by atoms with Gasteiger partial charge in [-0.3, -0.25) is 15.1 Å². The molecule has 2 heterocycles. The SMILES string of the molecule is N=C1S/C(=C\c2ccc(N3CCOCC3)cc2)C(=O)N1c1ccc(Br)cc1. The van der Waals surface area contributed by atoms with E-state index >= 15 is 0 Å². The fourth-order valence-corrected chi connectivity index (χ4v) is 4.19. The van der Waals surface area contributed by atoms with Crippen LogP contribution in [0, 0.1) is 5.41 Å². The number of hydrogen-bond donors (Lipinski definition) is 1. The Kier molecular flexibility index (Phi) is 5.33. The van der Waals surface area contributed by atoms with E-state index in [0.29, 0.717) is 10.6 Å². The van der Waals surface area contributed by atoms with E-state index in [1.54, 1.807) is 0 Å². The summed E-state index contributed by atoms with van der Waals surface area (Å²) >= 11 is 4.58. The molecule has 2 aliphatic rings. The van der Waals surface area contributed by atoms with Crippen LogP contribution in [0.5, 0.6) is 0 Å². The predicted octanol–water partition coefficient (Wildman–Crippen LogP) is 4.34. The Hall–Kier alpha value is -2.09. The van der Waals surface area contributed by atoms with Gasteiger partial charge in [-0.25, -0.2) is 0 Å². The number of anilines is 2. The Bertz CT molecular complexity index is 890. The van der Waals surface area contributed by atoms with E-state index < -0.39 is 0 Å². The summed E-state index contributed by atoms with van der Waals surface area (Å²) in [5.74, 6) is -0.162. The third-order valence-corrected chi connectivity index (χ3v) is 5.89. The summed E-state index contributed by atoms with van der Waals surface area (Å²) in [4.78, 5) is 17.1. The second-order valence-electron chi connectivity index (χ2n) is 6.22.